The fraction of sp³-hybridized carbons (Fsp3) is 0.400. The van der Waals surface area contributed by atoms with Gasteiger partial charge in [0.15, 0.2) is 0 Å². The number of piperazine rings is 1. The standard InChI is InChI=1S/C20H25ClFN3O2S/c21-18-6-3-5-17(15-18)16-28(26,27)23-9-4-10-24-11-13-25(14-12-24)20-8-2-1-7-19(20)22/h1-3,5-8,15,23H,4,9-14,16H2. The molecule has 0 aliphatic carbocycles. The zero-order valence-electron chi connectivity index (χ0n) is 15.7. The van der Waals surface area contributed by atoms with Crippen molar-refractivity contribution in [1.29, 1.82) is 0 Å². The minimum atomic E-state index is -3.38. The van der Waals surface area contributed by atoms with Crippen LogP contribution in [0.15, 0.2) is 48.5 Å². The molecule has 28 heavy (non-hydrogen) atoms. The SMILES string of the molecule is O=S(=O)(Cc1cccc(Cl)c1)NCCCN1CCN(c2ccccc2F)CC1. The Morgan fingerprint density at radius 1 is 1.04 bits per heavy atom. The summed E-state index contributed by atoms with van der Waals surface area (Å²) in [6.45, 7) is 4.41. The lowest BCUT2D eigenvalue weighted by molar-refractivity contribution is 0.255. The Balaban J connectivity index is 1.37. The van der Waals surface area contributed by atoms with E-state index in [0.717, 1.165) is 39.1 Å². The minimum Gasteiger partial charge on any atom is -0.367 e. The fourth-order valence-corrected chi connectivity index (χ4v) is 4.74. The first-order chi connectivity index (χ1) is 13.4. The van der Waals surface area contributed by atoms with Crippen LogP contribution in [0.2, 0.25) is 5.02 Å². The first-order valence-corrected chi connectivity index (χ1v) is 11.4. The minimum absolute atomic E-state index is 0.0745. The van der Waals surface area contributed by atoms with Crippen LogP contribution >= 0.6 is 11.6 Å². The van der Waals surface area contributed by atoms with Gasteiger partial charge in [0, 0.05) is 37.7 Å². The highest BCUT2D eigenvalue weighted by molar-refractivity contribution is 7.88. The molecular weight excluding hydrogens is 401 g/mol. The molecule has 1 saturated heterocycles. The van der Waals surface area contributed by atoms with Gasteiger partial charge in [0.25, 0.3) is 0 Å². The first kappa shape index (κ1) is 21.0. The van der Waals surface area contributed by atoms with Gasteiger partial charge in [-0.25, -0.2) is 17.5 Å². The molecule has 1 N–H and O–H groups in total. The van der Waals surface area contributed by atoms with E-state index in [9.17, 15) is 12.8 Å². The summed E-state index contributed by atoms with van der Waals surface area (Å²) in [4.78, 5) is 4.34. The normalized spacial score (nSPS) is 15.7. The average Bonchev–Trinajstić information content (AvgIpc) is 2.66. The summed E-state index contributed by atoms with van der Waals surface area (Å²) in [7, 11) is -3.38. The van der Waals surface area contributed by atoms with E-state index in [4.69, 9.17) is 11.6 Å². The van der Waals surface area contributed by atoms with E-state index in [-0.39, 0.29) is 11.6 Å². The van der Waals surface area contributed by atoms with E-state index in [1.807, 2.05) is 6.07 Å². The molecule has 0 bridgehead atoms. The number of halogens is 2. The highest BCUT2D eigenvalue weighted by Crippen LogP contribution is 2.20. The fourth-order valence-electron chi connectivity index (χ4n) is 3.35. The molecular formula is C20H25ClFN3O2S. The van der Waals surface area contributed by atoms with Crippen molar-refractivity contribution in [3.63, 3.8) is 0 Å². The molecule has 3 rings (SSSR count). The van der Waals surface area contributed by atoms with Gasteiger partial charge in [0.05, 0.1) is 11.4 Å². The molecule has 0 saturated carbocycles. The molecule has 5 nitrogen and oxygen atoms in total. The maximum Gasteiger partial charge on any atom is 0.215 e. The van der Waals surface area contributed by atoms with Gasteiger partial charge < -0.3 is 4.90 Å². The number of sulfonamides is 1. The van der Waals surface area contributed by atoms with Gasteiger partial charge in [-0.1, -0.05) is 35.9 Å². The quantitative estimate of drug-likeness (QED) is 0.660. The van der Waals surface area contributed by atoms with E-state index in [2.05, 4.69) is 14.5 Å². The van der Waals surface area contributed by atoms with Crippen LogP contribution in [0, 0.1) is 5.82 Å². The number of para-hydroxylation sites is 1. The molecule has 1 aliphatic rings. The van der Waals surface area contributed by atoms with Crippen LogP contribution in [0.3, 0.4) is 0 Å². The Bertz CT molecular complexity index is 887. The van der Waals surface area contributed by atoms with Crippen molar-refractivity contribution in [2.75, 3.05) is 44.2 Å². The van der Waals surface area contributed by atoms with Crippen LogP contribution in [0.1, 0.15) is 12.0 Å². The lowest BCUT2D eigenvalue weighted by Crippen LogP contribution is -2.47. The molecule has 0 spiro atoms. The van der Waals surface area contributed by atoms with E-state index >= 15 is 0 Å². The van der Waals surface area contributed by atoms with Crippen LogP contribution < -0.4 is 9.62 Å². The molecule has 1 heterocycles. The van der Waals surface area contributed by atoms with Gasteiger partial charge in [-0.3, -0.25) is 4.90 Å². The zero-order chi connectivity index (χ0) is 20.0. The van der Waals surface area contributed by atoms with Crippen molar-refractivity contribution in [2.24, 2.45) is 0 Å². The van der Waals surface area contributed by atoms with Gasteiger partial charge in [-0.2, -0.15) is 0 Å². The second-order valence-electron chi connectivity index (χ2n) is 6.92. The predicted molar refractivity (Wildman–Crippen MR) is 112 cm³/mol. The molecule has 1 aliphatic heterocycles. The molecule has 0 unspecified atom stereocenters. The summed E-state index contributed by atoms with van der Waals surface area (Å²) in [6.07, 6.45) is 0.731. The molecule has 152 valence electrons. The summed E-state index contributed by atoms with van der Waals surface area (Å²) in [5.74, 6) is -0.264. The number of nitrogens with one attached hydrogen (secondary N) is 1. The van der Waals surface area contributed by atoms with Crippen molar-refractivity contribution in [2.45, 2.75) is 12.2 Å². The van der Waals surface area contributed by atoms with Crippen molar-refractivity contribution in [3.05, 3.63) is 64.9 Å². The Labute approximate surface area is 171 Å². The van der Waals surface area contributed by atoms with Gasteiger partial charge in [0.2, 0.25) is 10.0 Å². The lowest BCUT2D eigenvalue weighted by atomic mass is 10.2. The number of anilines is 1. The predicted octanol–water partition coefficient (Wildman–Crippen LogP) is 3.11. The Kier molecular flexibility index (Phi) is 7.29. The number of benzene rings is 2. The Morgan fingerprint density at radius 3 is 2.50 bits per heavy atom. The molecule has 2 aromatic carbocycles. The molecule has 1 fully saturated rings. The average molecular weight is 426 g/mol. The molecule has 0 radical (unpaired) electrons. The topological polar surface area (TPSA) is 52.7 Å². The van der Waals surface area contributed by atoms with E-state index in [0.29, 0.717) is 22.8 Å². The number of rotatable bonds is 8. The first-order valence-electron chi connectivity index (χ1n) is 9.36. The van der Waals surface area contributed by atoms with E-state index in [1.54, 1.807) is 36.4 Å². The molecule has 0 aromatic heterocycles. The highest BCUT2D eigenvalue weighted by atomic mass is 35.5. The summed E-state index contributed by atoms with van der Waals surface area (Å²) >= 11 is 5.90. The van der Waals surface area contributed by atoms with Gasteiger partial charge >= 0.3 is 0 Å². The lowest BCUT2D eigenvalue weighted by Gasteiger charge is -2.36. The second-order valence-corrected chi connectivity index (χ2v) is 9.16. The largest absolute Gasteiger partial charge is 0.367 e. The van der Waals surface area contributed by atoms with Crippen molar-refractivity contribution in [1.82, 2.24) is 9.62 Å². The van der Waals surface area contributed by atoms with Crippen LogP contribution in [0.25, 0.3) is 0 Å². The monoisotopic (exact) mass is 425 g/mol. The zero-order valence-corrected chi connectivity index (χ0v) is 17.2. The summed E-state index contributed by atoms with van der Waals surface area (Å²) in [5.41, 5.74) is 1.32. The van der Waals surface area contributed by atoms with Crippen molar-refractivity contribution < 1.29 is 12.8 Å². The van der Waals surface area contributed by atoms with Crippen LogP contribution in [0.4, 0.5) is 10.1 Å². The number of nitrogens with zero attached hydrogens (tertiary/aromatic N) is 2. The maximum atomic E-state index is 13.9. The smallest absolute Gasteiger partial charge is 0.215 e. The van der Waals surface area contributed by atoms with Crippen LogP contribution in [-0.4, -0.2) is 52.6 Å². The second kappa shape index (κ2) is 9.69. The van der Waals surface area contributed by atoms with Gasteiger partial charge in [0.1, 0.15) is 5.82 Å². The Morgan fingerprint density at radius 2 is 1.79 bits per heavy atom. The van der Waals surface area contributed by atoms with Gasteiger partial charge in [-0.05, 0) is 42.8 Å². The van der Waals surface area contributed by atoms with Gasteiger partial charge in [-0.15, -0.1) is 0 Å². The number of hydrogen-bond acceptors (Lipinski definition) is 4. The third kappa shape index (κ3) is 6.17. The Hall–Kier alpha value is -1.67. The third-order valence-corrected chi connectivity index (χ3v) is 6.38. The summed E-state index contributed by atoms with van der Waals surface area (Å²) in [5, 5.41) is 0.530. The van der Waals surface area contributed by atoms with E-state index in [1.165, 1.54) is 6.07 Å². The maximum absolute atomic E-state index is 13.9. The highest BCUT2D eigenvalue weighted by Gasteiger charge is 2.19. The van der Waals surface area contributed by atoms with Crippen LogP contribution in [-0.2, 0) is 15.8 Å². The summed E-state index contributed by atoms with van der Waals surface area (Å²) < 4.78 is 40.9. The molecule has 2 aromatic rings. The summed E-state index contributed by atoms with van der Waals surface area (Å²) in [6, 6.07) is 13.7. The third-order valence-electron chi connectivity index (χ3n) is 4.78. The molecule has 0 amide bonds. The van der Waals surface area contributed by atoms with Crippen molar-refractivity contribution >= 4 is 27.3 Å². The molecule has 0 atom stereocenters. The van der Waals surface area contributed by atoms with Crippen molar-refractivity contribution in [3.8, 4) is 0 Å². The number of hydrogen-bond donors (Lipinski definition) is 1. The van der Waals surface area contributed by atoms with E-state index < -0.39 is 10.0 Å². The van der Waals surface area contributed by atoms with Crippen LogP contribution in [0.5, 0.6) is 0 Å². The molecule has 8 heteroatoms.